The zero-order valence-electron chi connectivity index (χ0n) is 20.8. The van der Waals surface area contributed by atoms with E-state index in [-0.39, 0.29) is 24.5 Å². The molecule has 0 bridgehead atoms. The number of nitrogens with one attached hydrogen (secondary N) is 2. The van der Waals surface area contributed by atoms with Gasteiger partial charge in [0.1, 0.15) is 12.4 Å². The van der Waals surface area contributed by atoms with Gasteiger partial charge >= 0.3 is 6.03 Å². The number of carbonyl (C=O) groups excluding carboxylic acids is 2. The van der Waals surface area contributed by atoms with Crippen LogP contribution in [-0.4, -0.2) is 45.8 Å². The summed E-state index contributed by atoms with van der Waals surface area (Å²) in [6, 6.07) is 17.5. The van der Waals surface area contributed by atoms with Crippen LogP contribution in [-0.2, 0) is 4.79 Å². The summed E-state index contributed by atoms with van der Waals surface area (Å²) in [7, 11) is 0. The van der Waals surface area contributed by atoms with Crippen molar-refractivity contribution in [2.24, 2.45) is 0 Å². The monoisotopic (exact) mass is 461 g/mol. The number of para-hydroxylation sites is 1. The quantitative estimate of drug-likeness (QED) is 0.424. The Morgan fingerprint density at radius 1 is 1.03 bits per heavy atom. The maximum Gasteiger partial charge on any atom is 0.318 e. The second kappa shape index (κ2) is 11.5. The number of benzene rings is 2. The van der Waals surface area contributed by atoms with Crippen LogP contribution in [0.25, 0.3) is 16.8 Å². The molecule has 0 unspecified atom stereocenters. The second-order valence-corrected chi connectivity index (χ2v) is 8.73. The van der Waals surface area contributed by atoms with E-state index in [4.69, 9.17) is 5.10 Å². The minimum absolute atomic E-state index is 0.0537. The van der Waals surface area contributed by atoms with Crippen LogP contribution < -0.4 is 10.6 Å². The molecule has 0 aliphatic rings. The standard InChI is InChI=1S/C27H35N5O2/c1-6-7-17-28-27(34)31(19(2)3)18-24(33)29-26-25(22-14-9-8-10-15-22)21(5)30-32(26)23-16-12-11-13-20(23)4/h8-16,19H,6-7,17-18H2,1-5H3,(H,28,34)(H,29,33). The third-order valence-corrected chi connectivity index (χ3v) is 5.73. The number of hydrogen-bond acceptors (Lipinski definition) is 3. The van der Waals surface area contributed by atoms with Gasteiger partial charge in [0.05, 0.1) is 11.4 Å². The average Bonchev–Trinajstić information content (AvgIpc) is 3.13. The molecule has 2 aromatic carbocycles. The summed E-state index contributed by atoms with van der Waals surface area (Å²) < 4.78 is 1.78. The summed E-state index contributed by atoms with van der Waals surface area (Å²) in [5.74, 6) is 0.323. The number of rotatable bonds is 9. The molecule has 0 aliphatic carbocycles. The van der Waals surface area contributed by atoms with Crippen LogP contribution in [0.3, 0.4) is 0 Å². The lowest BCUT2D eigenvalue weighted by atomic mass is 10.1. The van der Waals surface area contributed by atoms with Gasteiger partial charge in [-0.25, -0.2) is 9.48 Å². The van der Waals surface area contributed by atoms with Gasteiger partial charge in [0, 0.05) is 18.2 Å². The molecule has 7 heteroatoms. The molecule has 1 heterocycles. The van der Waals surface area contributed by atoms with Crippen molar-refractivity contribution in [2.75, 3.05) is 18.4 Å². The zero-order valence-corrected chi connectivity index (χ0v) is 20.8. The highest BCUT2D eigenvalue weighted by atomic mass is 16.2. The molecule has 180 valence electrons. The first kappa shape index (κ1) is 25.0. The van der Waals surface area contributed by atoms with Crippen LogP contribution in [0.2, 0.25) is 0 Å². The molecule has 3 amide bonds. The molecule has 3 aromatic rings. The molecule has 0 spiro atoms. The van der Waals surface area contributed by atoms with Crippen LogP contribution in [0.5, 0.6) is 0 Å². The van der Waals surface area contributed by atoms with Gasteiger partial charge in [-0.15, -0.1) is 0 Å². The van der Waals surface area contributed by atoms with Crippen molar-refractivity contribution in [1.82, 2.24) is 20.0 Å². The Hall–Kier alpha value is -3.61. The molecular formula is C27H35N5O2. The number of aryl methyl sites for hydroxylation is 2. The molecule has 0 saturated carbocycles. The molecule has 3 rings (SSSR count). The molecule has 1 aromatic heterocycles. The van der Waals surface area contributed by atoms with Crippen LogP contribution in [0, 0.1) is 13.8 Å². The fourth-order valence-electron chi connectivity index (χ4n) is 3.86. The highest BCUT2D eigenvalue weighted by molar-refractivity contribution is 5.98. The van der Waals surface area contributed by atoms with Crippen LogP contribution in [0.15, 0.2) is 54.6 Å². The predicted octanol–water partition coefficient (Wildman–Crippen LogP) is 5.31. The van der Waals surface area contributed by atoms with Gasteiger partial charge in [0.2, 0.25) is 5.91 Å². The van der Waals surface area contributed by atoms with Gasteiger partial charge in [-0.2, -0.15) is 5.10 Å². The SMILES string of the molecule is CCCCNC(=O)N(CC(=O)Nc1c(-c2ccccc2)c(C)nn1-c1ccccc1C)C(C)C. The van der Waals surface area contributed by atoms with Crippen LogP contribution in [0.4, 0.5) is 10.6 Å². The van der Waals surface area contributed by atoms with Crippen molar-refractivity contribution in [3.8, 4) is 16.8 Å². The Kier molecular flexibility index (Phi) is 8.46. The molecule has 0 radical (unpaired) electrons. The lowest BCUT2D eigenvalue weighted by Gasteiger charge is -2.26. The van der Waals surface area contributed by atoms with E-state index in [1.165, 1.54) is 0 Å². The summed E-state index contributed by atoms with van der Waals surface area (Å²) in [5.41, 5.74) is 4.57. The van der Waals surface area contributed by atoms with Crippen molar-refractivity contribution in [2.45, 2.75) is 53.5 Å². The Morgan fingerprint density at radius 3 is 2.35 bits per heavy atom. The van der Waals surface area contributed by atoms with E-state index in [1.54, 1.807) is 9.58 Å². The summed E-state index contributed by atoms with van der Waals surface area (Å²) in [5, 5.41) is 10.8. The number of amides is 3. The first-order chi connectivity index (χ1) is 16.3. The zero-order chi connectivity index (χ0) is 24.7. The topological polar surface area (TPSA) is 79.3 Å². The number of urea groups is 1. The summed E-state index contributed by atoms with van der Waals surface area (Å²) >= 11 is 0. The number of nitrogens with zero attached hydrogens (tertiary/aromatic N) is 3. The number of hydrogen-bond donors (Lipinski definition) is 2. The Bertz CT molecular complexity index is 1120. The van der Waals surface area contributed by atoms with Crippen molar-refractivity contribution in [1.29, 1.82) is 0 Å². The van der Waals surface area contributed by atoms with Gasteiger partial charge in [-0.3, -0.25) is 4.79 Å². The van der Waals surface area contributed by atoms with Gasteiger partial charge in [0.25, 0.3) is 0 Å². The number of anilines is 1. The third-order valence-electron chi connectivity index (χ3n) is 5.73. The molecule has 0 atom stereocenters. The van der Waals surface area contributed by atoms with E-state index < -0.39 is 0 Å². The average molecular weight is 462 g/mol. The summed E-state index contributed by atoms with van der Waals surface area (Å²) in [6.45, 7) is 10.4. The lowest BCUT2D eigenvalue weighted by Crippen LogP contribution is -2.47. The lowest BCUT2D eigenvalue weighted by molar-refractivity contribution is -0.117. The Morgan fingerprint density at radius 2 is 1.71 bits per heavy atom. The smallest absolute Gasteiger partial charge is 0.318 e. The van der Waals surface area contributed by atoms with Crippen LogP contribution >= 0.6 is 0 Å². The molecule has 0 fully saturated rings. The third kappa shape index (κ3) is 5.84. The number of aromatic nitrogens is 2. The normalized spacial score (nSPS) is 10.9. The second-order valence-electron chi connectivity index (χ2n) is 8.73. The van der Waals surface area contributed by atoms with Crippen molar-refractivity contribution < 1.29 is 9.59 Å². The maximum atomic E-state index is 13.2. The minimum atomic E-state index is -0.272. The molecule has 0 aliphatic heterocycles. The van der Waals surface area contributed by atoms with Gasteiger partial charge in [-0.05, 0) is 51.3 Å². The molecule has 0 saturated heterocycles. The van der Waals surface area contributed by atoms with Crippen molar-refractivity contribution in [3.63, 3.8) is 0 Å². The van der Waals surface area contributed by atoms with Gasteiger partial charge in [0.15, 0.2) is 0 Å². The van der Waals surface area contributed by atoms with E-state index in [1.807, 2.05) is 82.3 Å². The molecule has 7 nitrogen and oxygen atoms in total. The molecular weight excluding hydrogens is 426 g/mol. The first-order valence-electron chi connectivity index (χ1n) is 11.9. The van der Waals surface area contributed by atoms with E-state index in [0.29, 0.717) is 12.4 Å². The fourth-order valence-corrected chi connectivity index (χ4v) is 3.86. The summed E-state index contributed by atoms with van der Waals surface area (Å²) in [6.07, 6.45) is 1.89. The number of carbonyl (C=O) groups is 2. The van der Waals surface area contributed by atoms with E-state index in [2.05, 4.69) is 17.6 Å². The largest absolute Gasteiger partial charge is 0.338 e. The Balaban J connectivity index is 1.95. The molecule has 34 heavy (non-hydrogen) atoms. The fraction of sp³-hybridized carbons (Fsp3) is 0.370. The number of unbranched alkanes of at least 4 members (excludes halogenated alkanes) is 1. The minimum Gasteiger partial charge on any atom is -0.338 e. The first-order valence-corrected chi connectivity index (χ1v) is 11.9. The van der Waals surface area contributed by atoms with Crippen molar-refractivity contribution in [3.05, 3.63) is 65.9 Å². The van der Waals surface area contributed by atoms with Gasteiger partial charge < -0.3 is 15.5 Å². The van der Waals surface area contributed by atoms with E-state index in [9.17, 15) is 9.59 Å². The van der Waals surface area contributed by atoms with Gasteiger partial charge in [-0.1, -0.05) is 61.9 Å². The maximum absolute atomic E-state index is 13.2. The van der Waals surface area contributed by atoms with Crippen LogP contribution in [0.1, 0.15) is 44.9 Å². The van der Waals surface area contributed by atoms with Crippen molar-refractivity contribution >= 4 is 17.8 Å². The molecule has 2 N–H and O–H groups in total. The Labute approximate surface area is 202 Å². The highest BCUT2D eigenvalue weighted by Crippen LogP contribution is 2.34. The predicted molar refractivity (Wildman–Crippen MR) is 137 cm³/mol. The van der Waals surface area contributed by atoms with E-state index in [0.717, 1.165) is 40.9 Å². The van der Waals surface area contributed by atoms with E-state index >= 15 is 0 Å². The summed E-state index contributed by atoms with van der Waals surface area (Å²) in [4.78, 5) is 27.5. The highest BCUT2D eigenvalue weighted by Gasteiger charge is 2.24.